The van der Waals surface area contributed by atoms with Crippen LogP contribution in [0.3, 0.4) is 0 Å². The van der Waals surface area contributed by atoms with Crippen LogP contribution in [0.15, 0.2) is 67.0 Å². The van der Waals surface area contributed by atoms with Gasteiger partial charge in [0.15, 0.2) is 11.6 Å². The molecule has 2 atom stereocenters. The molecule has 37 heavy (non-hydrogen) atoms. The number of benzene rings is 2. The molecule has 0 bridgehead atoms. The van der Waals surface area contributed by atoms with Crippen LogP contribution in [0.25, 0.3) is 10.9 Å². The van der Waals surface area contributed by atoms with Crippen LogP contribution in [0.4, 0.5) is 22.0 Å². The van der Waals surface area contributed by atoms with Gasteiger partial charge in [0, 0.05) is 23.7 Å². The maximum atomic E-state index is 14.4. The van der Waals surface area contributed by atoms with Crippen molar-refractivity contribution in [3.05, 3.63) is 89.9 Å². The van der Waals surface area contributed by atoms with Gasteiger partial charge in [0.25, 0.3) is 0 Å². The number of hydrogen-bond donors (Lipinski definition) is 0. The van der Waals surface area contributed by atoms with E-state index in [-0.39, 0.29) is 29.3 Å². The van der Waals surface area contributed by atoms with Crippen molar-refractivity contribution in [1.29, 1.82) is 0 Å². The van der Waals surface area contributed by atoms with Gasteiger partial charge in [0.1, 0.15) is 23.4 Å². The van der Waals surface area contributed by atoms with E-state index >= 15 is 0 Å². The second-order valence-electron chi connectivity index (χ2n) is 8.76. The van der Waals surface area contributed by atoms with Crippen LogP contribution in [-0.4, -0.2) is 34.7 Å². The monoisotopic (exact) mass is 515 g/mol. The molecule has 1 aliphatic heterocycles. The molecule has 3 heterocycles. The molecular weight excluding hydrogens is 493 g/mol. The third-order valence-corrected chi connectivity index (χ3v) is 6.40. The van der Waals surface area contributed by atoms with E-state index in [0.717, 1.165) is 17.7 Å². The van der Waals surface area contributed by atoms with Gasteiger partial charge < -0.3 is 9.47 Å². The highest BCUT2D eigenvalue weighted by Gasteiger charge is 2.49. The molecule has 0 radical (unpaired) electrons. The fourth-order valence-electron chi connectivity index (χ4n) is 4.72. The predicted octanol–water partition coefficient (Wildman–Crippen LogP) is 7.15. The third kappa shape index (κ3) is 5.20. The van der Waals surface area contributed by atoms with Gasteiger partial charge in [-0.3, -0.25) is 14.9 Å². The molecule has 0 aliphatic carbocycles. The van der Waals surface area contributed by atoms with Crippen LogP contribution < -0.4 is 9.47 Å². The second kappa shape index (κ2) is 9.93. The van der Waals surface area contributed by atoms with Gasteiger partial charge in [-0.1, -0.05) is 12.1 Å². The first-order chi connectivity index (χ1) is 17.7. The molecule has 10 heteroatoms. The lowest BCUT2D eigenvalue weighted by Gasteiger charge is -2.34. The molecule has 2 aromatic heterocycles. The Labute approximate surface area is 209 Å². The van der Waals surface area contributed by atoms with Crippen molar-refractivity contribution >= 4 is 10.9 Å². The predicted molar refractivity (Wildman–Crippen MR) is 126 cm³/mol. The maximum Gasteiger partial charge on any atom is 0.409 e. The van der Waals surface area contributed by atoms with Gasteiger partial charge in [-0.25, -0.2) is 8.78 Å². The molecule has 5 nitrogen and oxygen atoms in total. The highest BCUT2D eigenvalue weighted by Crippen LogP contribution is 2.46. The van der Waals surface area contributed by atoms with Crippen molar-refractivity contribution < 1.29 is 31.4 Å². The summed E-state index contributed by atoms with van der Waals surface area (Å²) in [4.78, 5) is 9.80. The van der Waals surface area contributed by atoms with Crippen LogP contribution >= 0.6 is 0 Å². The van der Waals surface area contributed by atoms with Crippen molar-refractivity contribution in [2.75, 3.05) is 13.7 Å². The summed E-state index contributed by atoms with van der Waals surface area (Å²) in [6.07, 6.45) is -0.795. The minimum Gasteiger partial charge on any atom is -0.497 e. The molecule has 0 N–H and O–H groups in total. The number of aromatic nitrogens is 2. The summed E-state index contributed by atoms with van der Waals surface area (Å²) in [7, 11) is 1.53. The van der Waals surface area contributed by atoms with Crippen molar-refractivity contribution in [2.24, 2.45) is 0 Å². The fraction of sp³-hybridized carbons (Fsp3) is 0.259. The van der Waals surface area contributed by atoms with E-state index in [1.807, 2.05) is 0 Å². The summed E-state index contributed by atoms with van der Waals surface area (Å²) >= 11 is 0. The first kappa shape index (κ1) is 24.9. The van der Waals surface area contributed by atoms with Gasteiger partial charge in [-0.15, -0.1) is 0 Å². The largest absolute Gasteiger partial charge is 0.497 e. The van der Waals surface area contributed by atoms with Crippen molar-refractivity contribution in [2.45, 2.75) is 31.1 Å². The van der Waals surface area contributed by atoms with E-state index in [1.54, 1.807) is 24.3 Å². The molecule has 5 rings (SSSR count). The van der Waals surface area contributed by atoms with Crippen LogP contribution in [-0.2, 0) is 0 Å². The lowest BCUT2D eigenvalue weighted by Crippen LogP contribution is -2.38. The molecule has 2 aromatic carbocycles. The Bertz CT molecular complexity index is 1410. The lowest BCUT2D eigenvalue weighted by molar-refractivity contribution is -0.190. The molecule has 0 spiro atoms. The Hall–Kier alpha value is -3.79. The molecule has 2 unspecified atom stereocenters. The summed E-state index contributed by atoms with van der Waals surface area (Å²) in [5, 5.41) is 0.415. The lowest BCUT2D eigenvalue weighted by atomic mass is 10.0. The number of methoxy groups -OCH3 is 1. The number of halogens is 5. The van der Waals surface area contributed by atoms with E-state index in [1.165, 1.54) is 36.5 Å². The van der Waals surface area contributed by atoms with Gasteiger partial charge >= 0.3 is 6.18 Å². The minimum atomic E-state index is -4.57. The number of rotatable bonds is 6. The van der Waals surface area contributed by atoms with E-state index in [0.29, 0.717) is 30.0 Å². The Balaban J connectivity index is 1.45. The van der Waals surface area contributed by atoms with E-state index < -0.39 is 29.9 Å². The molecule has 192 valence electrons. The van der Waals surface area contributed by atoms with Gasteiger partial charge in [-0.05, 0) is 61.3 Å². The zero-order chi connectivity index (χ0) is 26.2. The standard InChI is InChI=1S/C27H22F5N3O2/c1-36-19-7-4-16(5-8-19)24-3-2-10-35(24)26(27(30,31)32)23-13-22-17(14-33-23)11-20(15-34-22)37-25-9-6-18(28)12-21(25)29/h4-9,11-15,24,26H,2-3,10H2,1H3. The smallest absolute Gasteiger partial charge is 0.409 e. The SMILES string of the molecule is COc1ccc(C2CCCN2C(c2cc3ncc(Oc4ccc(F)cc4F)cc3cn2)C(F)(F)F)cc1. The van der Waals surface area contributed by atoms with Crippen molar-refractivity contribution in [3.8, 4) is 17.2 Å². The average molecular weight is 515 g/mol. The first-order valence-electron chi connectivity index (χ1n) is 11.6. The molecular formula is C27H22F5N3O2. The van der Waals surface area contributed by atoms with E-state index in [4.69, 9.17) is 9.47 Å². The molecule has 1 fully saturated rings. The Morgan fingerprint density at radius 1 is 0.946 bits per heavy atom. The number of ether oxygens (including phenoxy) is 2. The number of nitrogens with zero attached hydrogens (tertiary/aromatic N) is 3. The number of likely N-dealkylation sites (tertiary alicyclic amines) is 1. The average Bonchev–Trinajstić information content (AvgIpc) is 3.34. The van der Waals surface area contributed by atoms with Gasteiger partial charge in [0.2, 0.25) is 0 Å². The zero-order valence-electron chi connectivity index (χ0n) is 19.7. The van der Waals surface area contributed by atoms with E-state index in [9.17, 15) is 22.0 Å². The summed E-state index contributed by atoms with van der Waals surface area (Å²) in [6.45, 7) is 0.268. The Kier molecular flexibility index (Phi) is 6.68. The van der Waals surface area contributed by atoms with Crippen LogP contribution in [0.1, 0.15) is 36.2 Å². The van der Waals surface area contributed by atoms with E-state index in [2.05, 4.69) is 9.97 Å². The van der Waals surface area contributed by atoms with Crippen LogP contribution in [0.5, 0.6) is 17.2 Å². The molecule has 0 amide bonds. The van der Waals surface area contributed by atoms with Gasteiger partial charge in [-0.2, -0.15) is 13.2 Å². The highest BCUT2D eigenvalue weighted by atomic mass is 19.4. The molecule has 0 saturated carbocycles. The van der Waals surface area contributed by atoms with Gasteiger partial charge in [0.05, 0.1) is 24.5 Å². The van der Waals surface area contributed by atoms with Crippen LogP contribution in [0, 0.1) is 11.6 Å². The highest BCUT2D eigenvalue weighted by molar-refractivity contribution is 5.79. The Morgan fingerprint density at radius 3 is 2.43 bits per heavy atom. The summed E-state index contributed by atoms with van der Waals surface area (Å²) in [6, 6.07) is 10.4. The normalized spacial score (nSPS) is 17.2. The number of fused-ring (bicyclic) bond motifs is 1. The molecule has 1 saturated heterocycles. The quantitative estimate of drug-likeness (QED) is 0.255. The Morgan fingerprint density at radius 2 is 1.73 bits per heavy atom. The first-order valence-corrected chi connectivity index (χ1v) is 11.6. The van der Waals surface area contributed by atoms with Crippen LogP contribution in [0.2, 0.25) is 0 Å². The third-order valence-electron chi connectivity index (χ3n) is 6.40. The zero-order valence-corrected chi connectivity index (χ0v) is 19.7. The minimum absolute atomic E-state index is 0.138. The number of hydrogen-bond acceptors (Lipinski definition) is 5. The fourth-order valence-corrected chi connectivity index (χ4v) is 4.72. The molecule has 1 aliphatic rings. The summed E-state index contributed by atoms with van der Waals surface area (Å²) in [5.41, 5.74) is 0.902. The molecule has 4 aromatic rings. The number of pyridine rings is 2. The van der Waals surface area contributed by atoms with Crippen molar-refractivity contribution in [3.63, 3.8) is 0 Å². The topological polar surface area (TPSA) is 47.5 Å². The number of alkyl halides is 3. The van der Waals surface area contributed by atoms with Crippen molar-refractivity contribution in [1.82, 2.24) is 14.9 Å². The second-order valence-corrected chi connectivity index (χ2v) is 8.76. The summed E-state index contributed by atoms with van der Waals surface area (Å²) < 4.78 is 81.0. The maximum absolute atomic E-state index is 14.4. The summed E-state index contributed by atoms with van der Waals surface area (Å²) in [5.74, 6) is -1.07.